The van der Waals surface area contributed by atoms with Crippen molar-refractivity contribution >= 4 is 22.8 Å². The Morgan fingerprint density at radius 3 is 2.35 bits per heavy atom. The maximum absolute atomic E-state index is 12.4. The molecule has 0 radical (unpaired) electrons. The average molecular weight is 346 g/mol. The lowest BCUT2D eigenvalue weighted by Gasteiger charge is -2.15. The van der Waals surface area contributed by atoms with E-state index in [1.165, 1.54) is 0 Å². The Hall–Kier alpha value is -3.27. The number of benzene rings is 3. The number of hydrogen-bond acceptors (Lipinski definition) is 4. The van der Waals surface area contributed by atoms with E-state index in [2.05, 4.69) is 6.58 Å². The highest BCUT2D eigenvalue weighted by atomic mass is 16.5. The molecule has 0 bridgehead atoms. The second-order valence-corrected chi connectivity index (χ2v) is 6.12. The van der Waals surface area contributed by atoms with Gasteiger partial charge in [0.25, 0.3) is 0 Å². The summed E-state index contributed by atoms with van der Waals surface area (Å²) in [5, 5.41) is 1.90. The van der Waals surface area contributed by atoms with E-state index in [1.54, 1.807) is 20.3 Å². The number of carbonyl (C=O) groups excluding carboxylic acids is 1. The molecule has 26 heavy (non-hydrogen) atoms. The van der Waals surface area contributed by atoms with Crippen LogP contribution in [-0.4, -0.2) is 20.2 Å². The Balaban J connectivity index is 2.08. The number of rotatable bonds is 4. The van der Waals surface area contributed by atoms with Gasteiger partial charge in [-0.25, -0.2) is 4.79 Å². The number of fused-ring (bicyclic) bond motifs is 2. The molecule has 0 saturated heterocycles. The molecule has 0 atom stereocenters. The van der Waals surface area contributed by atoms with E-state index < -0.39 is 0 Å². The Morgan fingerprint density at radius 2 is 1.69 bits per heavy atom. The molecule has 0 fully saturated rings. The summed E-state index contributed by atoms with van der Waals surface area (Å²) in [5.74, 6) is 0.980. The summed E-state index contributed by atoms with van der Waals surface area (Å²) < 4.78 is 16.2. The van der Waals surface area contributed by atoms with Crippen LogP contribution in [0.1, 0.15) is 21.5 Å². The van der Waals surface area contributed by atoms with Crippen molar-refractivity contribution in [2.45, 2.75) is 6.61 Å². The van der Waals surface area contributed by atoms with Gasteiger partial charge in [-0.05, 0) is 40.1 Å². The fourth-order valence-corrected chi connectivity index (χ4v) is 3.43. The van der Waals surface area contributed by atoms with Gasteiger partial charge in [0.15, 0.2) is 11.5 Å². The summed E-state index contributed by atoms with van der Waals surface area (Å²) in [6.45, 7) is 4.08. The highest BCUT2D eigenvalue weighted by Gasteiger charge is 2.28. The molecule has 0 N–H and O–H groups in total. The van der Waals surface area contributed by atoms with Gasteiger partial charge in [0, 0.05) is 11.1 Å². The van der Waals surface area contributed by atoms with Gasteiger partial charge >= 0.3 is 5.97 Å². The van der Waals surface area contributed by atoms with E-state index in [4.69, 9.17) is 14.2 Å². The van der Waals surface area contributed by atoms with Gasteiger partial charge in [0.05, 0.1) is 19.8 Å². The molecule has 0 saturated carbocycles. The highest BCUT2D eigenvalue weighted by molar-refractivity contribution is 6.11. The standard InChI is InChI=1S/C22H18O4/c1-4-13-5-7-14(8-6-13)20-17-11-19(25-3)18(24-2)10-15(17)9-16-12-26-22(23)21(16)20/h4-11H,1,12H2,2-3H3. The number of hydrogen-bond donors (Lipinski definition) is 0. The molecule has 0 aromatic heterocycles. The summed E-state index contributed by atoms with van der Waals surface area (Å²) in [5.41, 5.74) is 4.33. The Labute approximate surface area is 151 Å². The first-order valence-corrected chi connectivity index (χ1v) is 8.28. The van der Waals surface area contributed by atoms with Crippen LogP contribution in [0.2, 0.25) is 0 Å². The minimum atomic E-state index is -0.292. The number of methoxy groups -OCH3 is 2. The molecule has 130 valence electrons. The average Bonchev–Trinajstić information content (AvgIpc) is 3.05. The zero-order chi connectivity index (χ0) is 18.3. The van der Waals surface area contributed by atoms with Crippen LogP contribution < -0.4 is 9.47 Å². The summed E-state index contributed by atoms with van der Waals surface area (Å²) >= 11 is 0. The molecule has 4 rings (SSSR count). The van der Waals surface area contributed by atoms with Crippen LogP contribution >= 0.6 is 0 Å². The zero-order valence-electron chi connectivity index (χ0n) is 14.7. The molecule has 1 aliphatic heterocycles. The minimum absolute atomic E-state index is 0.288. The van der Waals surface area contributed by atoms with E-state index >= 15 is 0 Å². The predicted octanol–water partition coefficient (Wildman–Crippen LogP) is 4.84. The van der Waals surface area contributed by atoms with Crippen molar-refractivity contribution in [3.63, 3.8) is 0 Å². The van der Waals surface area contributed by atoms with Gasteiger partial charge in [-0.2, -0.15) is 0 Å². The third-order valence-corrected chi connectivity index (χ3v) is 4.72. The van der Waals surface area contributed by atoms with E-state index in [-0.39, 0.29) is 12.6 Å². The molecule has 3 aromatic rings. The first-order valence-electron chi connectivity index (χ1n) is 8.28. The molecule has 3 aromatic carbocycles. The van der Waals surface area contributed by atoms with Crippen LogP contribution in [-0.2, 0) is 11.3 Å². The fraction of sp³-hybridized carbons (Fsp3) is 0.136. The van der Waals surface area contributed by atoms with E-state index in [1.807, 2.05) is 42.5 Å². The van der Waals surface area contributed by atoms with Crippen molar-refractivity contribution in [1.29, 1.82) is 0 Å². The molecule has 0 spiro atoms. The first-order chi connectivity index (χ1) is 12.7. The van der Waals surface area contributed by atoms with Crippen molar-refractivity contribution < 1.29 is 19.0 Å². The monoisotopic (exact) mass is 346 g/mol. The Bertz CT molecular complexity index is 1030. The zero-order valence-corrected chi connectivity index (χ0v) is 14.7. The summed E-state index contributed by atoms with van der Waals surface area (Å²) in [6.07, 6.45) is 1.79. The normalized spacial score (nSPS) is 12.6. The van der Waals surface area contributed by atoms with E-state index in [9.17, 15) is 4.79 Å². The van der Waals surface area contributed by atoms with E-state index in [0.717, 1.165) is 33.0 Å². The Morgan fingerprint density at radius 1 is 1.00 bits per heavy atom. The molecule has 1 heterocycles. The lowest BCUT2D eigenvalue weighted by atomic mass is 9.90. The van der Waals surface area contributed by atoms with E-state index in [0.29, 0.717) is 17.1 Å². The van der Waals surface area contributed by atoms with Crippen LogP contribution in [0.5, 0.6) is 11.5 Å². The maximum atomic E-state index is 12.4. The van der Waals surface area contributed by atoms with Crippen LogP contribution in [0.25, 0.3) is 28.0 Å². The van der Waals surface area contributed by atoms with Gasteiger partial charge in [-0.15, -0.1) is 0 Å². The van der Waals surface area contributed by atoms with Crippen molar-refractivity contribution in [2.24, 2.45) is 0 Å². The van der Waals surface area contributed by atoms with Crippen molar-refractivity contribution in [3.8, 4) is 22.6 Å². The SMILES string of the molecule is C=Cc1ccc(-c2c3c(cc4cc(OC)c(OC)cc24)COC3=O)cc1. The summed E-state index contributed by atoms with van der Waals surface area (Å²) in [7, 11) is 3.21. The molecule has 0 amide bonds. The Kier molecular flexibility index (Phi) is 3.88. The third kappa shape index (κ3) is 2.42. The maximum Gasteiger partial charge on any atom is 0.339 e. The largest absolute Gasteiger partial charge is 0.493 e. The quantitative estimate of drug-likeness (QED) is 0.634. The number of carbonyl (C=O) groups is 1. The molecular formula is C22H18O4. The topological polar surface area (TPSA) is 44.8 Å². The van der Waals surface area contributed by atoms with Gasteiger partial charge in [0.2, 0.25) is 0 Å². The number of esters is 1. The lowest BCUT2D eigenvalue weighted by molar-refractivity contribution is 0.0535. The number of cyclic esters (lactones) is 1. The van der Waals surface area contributed by atoms with Gasteiger partial charge < -0.3 is 14.2 Å². The van der Waals surface area contributed by atoms with Gasteiger partial charge in [-0.1, -0.05) is 36.9 Å². The molecule has 4 heteroatoms. The highest BCUT2D eigenvalue weighted by Crippen LogP contribution is 2.42. The van der Waals surface area contributed by atoms with Crippen molar-refractivity contribution in [3.05, 3.63) is 65.7 Å². The molecular weight excluding hydrogens is 328 g/mol. The minimum Gasteiger partial charge on any atom is -0.493 e. The van der Waals surface area contributed by atoms with Gasteiger partial charge in [-0.3, -0.25) is 0 Å². The second kappa shape index (κ2) is 6.23. The fourth-order valence-electron chi connectivity index (χ4n) is 3.43. The van der Waals surface area contributed by atoms with Crippen LogP contribution in [0.3, 0.4) is 0 Å². The predicted molar refractivity (Wildman–Crippen MR) is 102 cm³/mol. The van der Waals surface area contributed by atoms with Crippen molar-refractivity contribution in [1.82, 2.24) is 0 Å². The number of ether oxygens (including phenoxy) is 3. The van der Waals surface area contributed by atoms with Gasteiger partial charge in [0.1, 0.15) is 6.61 Å². The van der Waals surface area contributed by atoms with Crippen LogP contribution in [0.15, 0.2) is 49.0 Å². The van der Waals surface area contributed by atoms with Crippen molar-refractivity contribution in [2.75, 3.05) is 14.2 Å². The smallest absolute Gasteiger partial charge is 0.339 e. The molecule has 4 nitrogen and oxygen atoms in total. The molecule has 0 unspecified atom stereocenters. The molecule has 1 aliphatic rings. The first kappa shape index (κ1) is 16.2. The summed E-state index contributed by atoms with van der Waals surface area (Å²) in [4.78, 5) is 12.4. The third-order valence-electron chi connectivity index (χ3n) is 4.72. The second-order valence-electron chi connectivity index (χ2n) is 6.12. The van der Waals surface area contributed by atoms with Crippen LogP contribution in [0, 0.1) is 0 Å². The lowest BCUT2D eigenvalue weighted by Crippen LogP contribution is -1.99. The molecule has 0 aliphatic carbocycles. The van der Waals surface area contributed by atoms with Crippen LogP contribution in [0.4, 0.5) is 0 Å². The summed E-state index contributed by atoms with van der Waals surface area (Å²) in [6, 6.07) is 13.8.